The summed E-state index contributed by atoms with van der Waals surface area (Å²) in [5, 5.41) is 5.87. The highest BCUT2D eigenvalue weighted by molar-refractivity contribution is 7.98. The molecule has 0 amide bonds. The van der Waals surface area contributed by atoms with Crippen molar-refractivity contribution in [1.29, 1.82) is 0 Å². The van der Waals surface area contributed by atoms with E-state index in [2.05, 4.69) is 5.10 Å². The number of carbonyl (C=O) groups is 2. The molecule has 0 aromatic heterocycles. The zero-order valence-electron chi connectivity index (χ0n) is 11.8. The van der Waals surface area contributed by atoms with Crippen molar-refractivity contribution in [1.82, 2.24) is 5.01 Å². The molecule has 21 heavy (non-hydrogen) atoms. The molecule has 1 aliphatic heterocycles. The van der Waals surface area contributed by atoms with Crippen molar-refractivity contribution < 1.29 is 9.59 Å². The number of allylic oxidation sites excluding steroid dienone is 3. The van der Waals surface area contributed by atoms with Crippen LogP contribution in [-0.2, 0) is 0 Å². The minimum atomic E-state index is -0.210. The predicted molar refractivity (Wildman–Crippen MR) is 83.9 cm³/mol. The fraction of sp³-hybridized carbons (Fsp3) is 0.188. The Morgan fingerprint density at radius 1 is 1.19 bits per heavy atom. The third-order valence-corrected chi connectivity index (χ3v) is 4.28. The minimum absolute atomic E-state index is 0.207. The first-order chi connectivity index (χ1) is 10.2. The lowest BCUT2D eigenvalue weighted by molar-refractivity contribution is 0.0983. The molecule has 5 heteroatoms. The van der Waals surface area contributed by atoms with Crippen molar-refractivity contribution >= 4 is 29.5 Å². The number of fused-ring (bicyclic) bond motifs is 1. The quantitative estimate of drug-likeness (QED) is 0.478. The molecule has 0 radical (unpaired) electrons. The van der Waals surface area contributed by atoms with Gasteiger partial charge < -0.3 is 0 Å². The molecule has 0 saturated heterocycles. The van der Waals surface area contributed by atoms with Gasteiger partial charge in [0.25, 0.3) is 0 Å². The van der Waals surface area contributed by atoms with Gasteiger partial charge in [0.15, 0.2) is 11.6 Å². The molecule has 0 unspecified atom stereocenters. The number of carbonyl (C=O) groups excluding carboxylic acids is 2. The van der Waals surface area contributed by atoms with Crippen molar-refractivity contribution in [2.24, 2.45) is 5.10 Å². The third-order valence-electron chi connectivity index (χ3n) is 3.55. The highest BCUT2D eigenvalue weighted by Crippen LogP contribution is 2.33. The average molecular weight is 298 g/mol. The van der Waals surface area contributed by atoms with Crippen LogP contribution in [0, 0.1) is 0 Å². The van der Waals surface area contributed by atoms with Crippen LogP contribution in [0.3, 0.4) is 0 Å². The summed E-state index contributed by atoms with van der Waals surface area (Å²) < 4.78 is 0. The van der Waals surface area contributed by atoms with Gasteiger partial charge >= 0.3 is 0 Å². The van der Waals surface area contributed by atoms with E-state index in [1.54, 1.807) is 47.3 Å². The maximum Gasteiger partial charge on any atom is 0.199 e. The molecule has 0 bridgehead atoms. The Balaban J connectivity index is 2.15. The lowest BCUT2D eigenvalue weighted by atomic mass is 10.1. The third kappa shape index (κ3) is 2.14. The number of nitrogens with zero attached hydrogens (tertiary/aromatic N) is 2. The number of thioether (sulfide) groups is 1. The molecule has 106 valence electrons. The van der Waals surface area contributed by atoms with E-state index >= 15 is 0 Å². The van der Waals surface area contributed by atoms with Crippen molar-refractivity contribution in [3.8, 4) is 0 Å². The fourth-order valence-electron chi connectivity index (χ4n) is 2.51. The molecule has 1 aromatic carbocycles. The number of hydrazone groups is 1. The van der Waals surface area contributed by atoms with Crippen LogP contribution in [0.25, 0.3) is 0 Å². The number of likely N-dealkylation sites (N-methyl/N-ethyl adjacent to an activating group) is 1. The zero-order chi connectivity index (χ0) is 15.0. The molecular weight excluding hydrogens is 284 g/mol. The first-order valence-electron chi connectivity index (χ1n) is 6.67. The highest BCUT2D eigenvalue weighted by atomic mass is 32.2. The van der Waals surface area contributed by atoms with Gasteiger partial charge in [-0.25, -0.2) is 0 Å². The molecule has 0 atom stereocenters. The number of hydrogen-bond donors (Lipinski definition) is 0. The van der Waals surface area contributed by atoms with Crippen LogP contribution in [0.5, 0.6) is 0 Å². The summed E-state index contributed by atoms with van der Waals surface area (Å²) in [6.07, 6.45) is 7.10. The van der Waals surface area contributed by atoms with Crippen LogP contribution in [0.1, 0.15) is 27.6 Å². The smallest absolute Gasteiger partial charge is 0.199 e. The van der Waals surface area contributed by atoms with E-state index in [4.69, 9.17) is 0 Å². The maximum absolute atomic E-state index is 12.6. The molecule has 1 aromatic rings. The number of hydrogen-bond acceptors (Lipinski definition) is 5. The largest absolute Gasteiger partial charge is 0.288 e. The summed E-state index contributed by atoms with van der Waals surface area (Å²) in [4.78, 5) is 26.2. The van der Waals surface area contributed by atoms with Gasteiger partial charge in [0.1, 0.15) is 0 Å². The number of ketones is 2. The van der Waals surface area contributed by atoms with E-state index in [-0.39, 0.29) is 17.1 Å². The van der Waals surface area contributed by atoms with Crippen molar-refractivity contribution in [2.45, 2.75) is 11.8 Å². The van der Waals surface area contributed by atoms with E-state index in [0.29, 0.717) is 23.4 Å². The number of Topliss-reactive ketones (excluding diaryl/α,β-unsaturated/α-hetero) is 2. The Morgan fingerprint density at radius 2 is 1.95 bits per heavy atom. The van der Waals surface area contributed by atoms with Gasteiger partial charge in [0.05, 0.1) is 11.3 Å². The Labute approximate surface area is 127 Å². The lowest BCUT2D eigenvalue weighted by Gasteiger charge is -2.21. The summed E-state index contributed by atoms with van der Waals surface area (Å²) in [5.74, 6) is -0.418. The number of rotatable bonds is 2. The molecule has 1 aliphatic carbocycles. The summed E-state index contributed by atoms with van der Waals surface area (Å²) >= 11 is 1.55. The molecule has 0 saturated carbocycles. The SMILES string of the molecule is CCN1N=CC=C/C1=C1\C(=O)c2ccc(SC)cc2C1=O. The number of benzene rings is 1. The van der Waals surface area contributed by atoms with Gasteiger partial charge in [-0.15, -0.1) is 11.8 Å². The standard InChI is InChI=1S/C16H14N2O2S/c1-3-18-13(5-4-8-17-18)14-15(19)11-7-6-10(21-2)9-12(11)16(14)20/h4-9H,3H2,1-2H3/b14-13-. The molecule has 0 spiro atoms. The van der Waals surface area contributed by atoms with Gasteiger partial charge in [-0.3, -0.25) is 14.6 Å². The second-order valence-corrected chi connectivity index (χ2v) is 5.55. The molecule has 2 aliphatic rings. The van der Waals surface area contributed by atoms with E-state index in [9.17, 15) is 9.59 Å². The van der Waals surface area contributed by atoms with E-state index in [0.717, 1.165) is 4.90 Å². The van der Waals surface area contributed by atoms with Crippen LogP contribution in [0.15, 0.2) is 51.6 Å². The Hall–Kier alpha value is -2.14. The van der Waals surface area contributed by atoms with Gasteiger partial charge in [-0.2, -0.15) is 5.10 Å². The molecule has 0 fully saturated rings. The molecule has 0 N–H and O–H groups in total. The summed E-state index contributed by atoms with van der Waals surface area (Å²) in [7, 11) is 0. The van der Waals surface area contributed by atoms with Crippen molar-refractivity contribution in [2.75, 3.05) is 12.8 Å². The topological polar surface area (TPSA) is 49.7 Å². The maximum atomic E-state index is 12.6. The van der Waals surface area contributed by atoms with Gasteiger partial charge in [-0.1, -0.05) is 0 Å². The van der Waals surface area contributed by atoms with E-state index in [1.807, 2.05) is 19.2 Å². The molecule has 1 heterocycles. The van der Waals surface area contributed by atoms with E-state index in [1.165, 1.54) is 0 Å². The lowest BCUT2D eigenvalue weighted by Crippen LogP contribution is -2.22. The normalized spacial score (nSPS) is 20.4. The Bertz CT molecular complexity index is 732. The van der Waals surface area contributed by atoms with Crippen LogP contribution in [0.4, 0.5) is 0 Å². The Kier molecular flexibility index (Phi) is 3.51. The van der Waals surface area contributed by atoms with Crippen LogP contribution in [-0.4, -0.2) is 35.6 Å². The predicted octanol–water partition coefficient (Wildman–Crippen LogP) is 2.92. The van der Waals surface area contributed by atoms with Gasteiger partial charge in [-0.05, 0) is 43.5 Å². The van der Waals surface area contributed by atoms with Gasteiger partial charge in [0, 0.05) is 28.8 Å². The summed E-state index contributed by atoms with van der Waals surface area (Å²) in [5.41, 5.74) is 1.78. The fourth-order valence-corrected chi connectivity index (χ4v) is 2.95. The average Bonchev–Trinajstić information content (AvgIpc) is 2.78. The monoisotopic (exact) mass is 298 g/mol. The van der Waals surface area contributed by atoms with Crippen LogP contribution < -0.4 is 0 Å². The first-order valence-corrected chi connectivity index (χ1v) is 7.89. The first kappa shape index (κ1) is 13.8. The molecule has 4 nitrogen and oxygen atoms in total. The van der Waals surface area contributed by atoms with E-state index < -0.39 is 0 Å². The molecular formula is C16H14N2O2S. The Morgan fingerprint density at radius 3 is 2.67 bits per heavy atom. The van der Waals surface area contributed by atoms with Crippen LogP contribution >= 0.6 is 11.8 Å². The minimum Gasteiger partial charge on any atom is -0.288 e. The molecule has 3 rings (SSSR count). The zero-order valence-corrected chi connectivity index (χ0v) is 12.6. The second kappa shape index (κ2) is 5.33. The highest BCUT2D eigenvalue weighted by Gasteiger charge is 2.36. The van der Waals surface area contributed by atoms with Crippen LogP contribution in [0.2, 0.25) is 0 Å². The van der Waals surface area contributed by atoms with Crippen molar-refractivity contribution in [3.05, 3.63) is 52.7 Å². The summed E-state index contributed by atoms with van der Waals surface area (Å²) in [6, 6.07) is 5.40. The van der Waals surface area contributed by atoms with Gasteiger partial charge in [0.2, 0.25) is 0 Å². The second-order valence-electron chi connectivity index (χ2n) is 4.67. The van der Waals surface area contributed by atoms with Crippen molar-refractivity contribution in [3.63, 3.8) is 0 Å². The summed E-state index contributed by atoms with van der Waals surface area (Å²) in [6.45, 7) is 2.53.